The van der Waals surface area contributed by atoms with Crippen molar-refractivity contribution in [3.63, 3.8) is 0 Å². The molecule has 0 aromatic heterocycles. The topological polar surface area (TPSA) is 77.8 Å². The standard InChI is InChI=1S/C15H13FO4/c16-10-3-1-2-9(6-10)4-5-12(18)15-13(19)7-11(17)8-14(15)20/h1-3,6-8,17,19-20H,4-5H2. The third-order valence-electron chi connectivity index (χ3n) is 2.89. The fraction of sp³-hybridized carbons (Fsp3) is 0.133. The molecular formula is C15H13FO4. The molecule has 0 bridgehead atoms. The summed E-state index contributed by atoms with van der Waals surface area (Å²) in [4.78, 5) is 12.0. The first-order valence-electron chi connectivity index (χ1n) is 6.00. The number of aryl methyl sites for hydroxylation is 1. The Morgan fingerprint density at radius 1 is 1.05 bits per heavy atom. The average molecular weight is 276 g/mol. The second-order valence-electron chi connectivity index (χ2n) is 4.41. The summed E-state index contributed by atoms with van der Waals surface area (Å²) in [7, 11) is 0. The van der Waals surface area contributed by atoms with Crippen LogP contribution in [0.2, 0.25) is 0 Å². The van der Waals surface area contributed by atoms with E-state index in [0.717, 1.165) is 12.1 Å². The third-order valence-corrected chi connectivity index (χ3v) is 2.89. The number of benzene rings is 2. The lowest BCUT2D eigenvalue weighted by Crippen LogP contribution is -2.02. The van der Waals surface area contributed by atoms with Crippen LogP contribution in [-0.2, 0) is 6.42 Å². The van der Waals surface area contributed by atoms with Gasteiger partial charge in [-0.05, 0) is 24.1 Å². The Morgan fingerprint density at radius 2 is 1.70 bits per heavy atom. The minimum absolute atomic E-state index is 0.00927. The maximum Gasteiger partial charge on any atom is 0.170 e. The third kappa shape index (κ3) is 3.06. The number of phenolic OH excluding ortho intramolecular Hbond substituents is 3. The van der Waals surface area contributed by atoms with Crippen LogP contribution >= 0.6 is 0 Å². The van der Waals surface area contributed by atoms with Gasteiger partial charge in [-0.15, -0.1) is 0 Å². The highest BCUT2D eigenvalue weighted by Gasteiger charge is 2.17. The Balaban J connectivity index is 2.13. The Hall–Kier alpha value is -2.56. The van der Waals surface area contributed by atoms with Crippen LogP contribution in [0.15, 0.2) is 36.4 Å². The van der Waals surface area contributed by atoms with E-state index in [1.807, 2.05) is 0 Å². The number of carbonyl (C=O) groups excluding carboxylic acids is 1. The van der Waals surface area contributed by atoms with Crippen LogP contribution in [-0.4, -0.2) is 21.1 Å². The highest BCUT2D eigenvalue weighted by Crippen LogP contribution is 2.33. The van der Waals surface area contributed by atoms with Gasteiger partial charge in [0.2, 0.25) is 0 Å². The first-order chi connectivity index (χ1) is 9.47. The van der Waals surface area contributed by atoms with E-state index in [4.69, 9.17) is 5.11 Å². The molecule has 4 nitrogen and oxygen atoms in total. The molecule has 104 valence electrons. The Bertz CT molecular complexity index is 629. The molecule has 3 N–H and O–H groups in total. The monoisotopic (exact) mass is 276 g/mol. The Morgan fingerprint density at radius 3 is 2.30 bits per heavy atom. The predicted octanol–water partition coefficient (Wildman–Crippen LogP) is 2.76. The highest BCUT2D eigenvalue weighted by atomic mass is 19.1. The van der Waals surface area contributed by atoms with Crippen LogP contribution < -0.4 is 0 Å². The van der Waals surface area contributed by atoms with Gasteiger partial charge in [0.05, 0.1) is 0 Å². The van der Waals surface area contributed by atoms with Gasteiger partial charge in [-0.3, -0.25) is 4.79 Å². The molecule has 0 atom stereocenters. The van der Waals surface area contributed by atoms with Crippen LogP contribution in [0, 0.1) is 5.82 Å². The summed E-state index contributed by atoms with van der Waals surface area (Å²) >= 11 is 0. The normalized spacial score (nSPS) is 10.4. The minimum atomic E-state index is -0.482. The zero-order valence-electron chi connectivity index (χ0n) is 10.5. The number of aromatic hydroxyl groups is 3. The van der Waals surface area contributed by atoms with Crippen LogP contribution in [0.3, 0.4) is 0 Å². The molecule has 5 heteroatoms. The summed E-state index contributed by atoms with van der Waals surface area (Å²) in [5, 5.41) is 28.3. The molecule has 0 saturated carbocycles. The molecule has 0 aliphatic rings. The number of Topliss-reactive ketones (excluding diaryl/α,β-unsaturated/α-hetero) is 1. The molecule has 0 spiro atoms. The number of carbonyl (C=O) groups is 1. The summed E-state index contributed by atoms with van der Waals surface area (Å²) in [6, 6.07) is 7.83. The zero-order valence-corrected chi connectivity index (χ0v) is 10.5. The first-order valence-corrected chi connectivity index (χ1v) is 6.00. The predicted molar refractivity (Wildman–Crippen MR) is 70.5 cm³/mol. The van der Waals surface area contributed by atoms with E-state index in [1.54, 1.807) is 12.1 Å². The smallest absolute Gasteiger partial charge is 0.170 e. The van der Waals surface area contributed by atoms with E-state index in [1.165, 1.54) is 12.1 Å². The van der Waals surface area contributed by atoms with Crippen molar-refractivity contribution in [2.75, 3.05) is 0 Å². The fourth-order valence-corrected chi connectivity index (χ4v) is 1.96. The van der Waals surface area contributed by atoms with Crippen molar-refractivity contribution < 1.29 is 24.5 Å². The molecule has 0 aliphatic carbocycles. The molecule has 0 saturated heterocycles. The lowest BCUT2D eigenvalue weighted by Gasteiger charge is -2.07. The lowest BCUT2D eigenvalue weighted by molar-refractivity contribution is 0.0977. The van der Waals surface area contributed by atoms with Crippen molar-refractivity contribution in [2.45, 2.75) is 12.8 Å². The highest BCUT2D eigenvalue weighted by molar-refractivity contribution is 6.01. The van der Waals surface area contributed by atoms with Crippen molar-refractivity contribution in [1.29, 1.82) is 0 Å². The number of phenols is 3. The van der Waals surface area contributed by atoms with Gasteiger partial charge in [-0.2, -0.15) is 0 Å². The van der Waals surface area contributed by atoms with Gasteiger partial charge >= 0.3 is 0 Å². The van der Waals surface area contributed by atoms with Crippen molar-refractivity contribution >= 4 is 5.78 Å². The summed E-state index contributed by atoms with van der Waals surface area (Å²) < 4.78 is 13.0. The van der Waals surface area contributed by atoms with E-state index >= 15 is 0 Å². The van der Waals surface area contributed by atoms with Crippen molar-refractivity contribution in [3.8, 4) is 17.2 Å². The fourth-order valence-electron chi connectivity index (χ4n) is 1.96. The van der Waals surface area contributed by atoms with Crippen LogP contribution in [0.1, 0.15) is 22.3 Å². The van der Waals surface area contributed by atoms with Crippen LogP contribution in [0.5, 0.6) is 17.2 Å². The van der Waals surface area contributed by atoms with E-state index in [0.29, 0.717) is 5.56 Å². The molecule has 0 heterocycles. The van der Waals surface area contributed by atoms with Crippen molar-refractivity contribution in [1.82, 2.24) is 0 Å². The number of hydrogen-bond donors (Lipinski definition) is 3. The molecule has 2 aromatic rings. The average Bonchev–Trinajstić information content (AvgIpc) is 2.35. The maximum absolute atomic E-state index is 13.0. The van der Waals surface area contributed by atoms with Gasteiger partial charge in [0.1, 0.15) is 28.6 Å². The molecule has 0 radical (unpaired) electrons. The molecule has 20 heavy (non-hydrogen) atoms. The van der Waals surface area contributed by atoms with Gasteiger partial charge in [0.25, 0.3) is 0 Å². The number of rotatable bonds is 4. The summed E-state index contributed by atoms with van der Waals surface area (Å²) in [6.45, 7) is 0. The molecular weight excluding hydrogens is 263 g/mol. The Kier molecular flexibility index (Phi) is 3.89. The van der Waals surface area contributed by atoms with E-state index in [-0.39, 0.29) is 30.0 Å². The second-order valence-corrected chi connectivity index (χ2v) is 4.41. The van der Waals surface area contributed by atoms with E-state index < -0.39 is 17.3 Å². The molecule has 0 unspecified atom stereocenters. The first kappa shape index (κ1) is 13.9. The molecule has 0 fully saturated rings. The largest absolute Gasteiger partial charge is 0.508 e. The number of halogens is 1. The SMILES string of the molecule is O=C(CCc1cccc(F)c1)c1c(O)cc(O)cc1O. The summed E-state index contributed by atoms with van der Waals surface area (Å²) in [5.41, 5.74) is 0.412. The quantitative estimate of drug-likeness (QED) is 0.750. The summed E-state index contributed by atoms with van der Waals surface area (Å²) in [5.74, 6) is -2.16. The van der Waals surface area contributed by atoms with Gasteiger partial charge < -0.3 is 15.3 Å². The van der Waals surface area contributed by atoms with Gasteiger partial charge in [0, 0.05) is 18.6 Å². The van der Waals surface area contributed by atoms with Gasteiger partial charge in [-0.25, -0.2) is 4.39 Å². The number of ketones is 1. The lowest BCUT2D eigenvalue weighted by atomic mass is 10.0. The minimum Gasteiger partial charge on any atom is -0.508 e. The van der Waals surface area contributed by atoms with Crippen LogP contribution in [0.4, 0.5) is 4.39 Å². The van der Waals surface area contributed by atoms with E-state index in [2.05, 4.69) is 0 Å². The molecule has 0 aliphatic heterocycles. The van der Waals surface area contributed by atoms with Crippen molar-refractivity contribution in [3.05, 3.63) is 53.3 Å². The van der Waals surface area contributed by atoms with E-state index in [9.17, 15) is 19.4 Å². The molecule has 0 amide bonds. The van der Waals surface area contributed by atoms with Gasteiger partial charge in [0.15, 0.2) is 5.78 Å². The number of hydrogen-bond acceptors (Lipinski definition) is 4. The molecule has 2 rings (SSSR count). The second kappa shape index (κ2) is 5.61. The summed E-state index contributed by atoms with van der Waals surface area (Å²) in [6.07, 6.45) is 0.297. The zero-order chi connectivity index (χ0) is 14.7. The van der Waals surface area contributed by atoms with Crippen molar-refractivity contribution in [2.24, 2.45) is 0 Å². The van der Waals surface area contributed by atoms with Gasteiger partial charge in [-0.1, -0.05) is 12.1 Å². The maximum atomic E-state index is 13.0. The van der Waals surface area contributed by atoms with Crippen LogP contribution in [0.25, 0.3) is 0 Å². The molecule has 2 aromatic carbocycles. The Labute approximate surface area is 114 Å².